The Labute approximate surface area is 131 Å². The number of esters is 2. The quantitative estimate of drug-likeness (QED) is 0.478. The molecule has 7 heteroatoms. The zero-order chi connectivity index (χ0) is 16.8. The van der Waals surface area contributed by atoms with Crippen LogP contribution in [0.2, 0.25) is 0 Å². The molecule has 0 saturated carbocycles. The van der Waals surface area contributed by atoms with Gasteiger partial charge in [-0.15, -0.1) is 0 Å². The van der Waals surface area contributed by atoms with E-state index in [0.29, 0.717) is 11.1 Å². The van der Waals surface area contributed by atoms with Crippen molar-refractivity contribution in [3.05, 3.63) is 75.3 Å². The van der Waals surface area contributed by atoms with Crippen molar-refractivity contribution in [3.63, 3.8) is 0 Å². The first-order valence-corrected chi connectivity index (χ1v) is 6.60. The second-order valence-electron chi connectivity index (χ2n) is 4.57. The summed E-state index contributed by atoms with van der Waals surface area (Å²) in [6.45, 7) is 0.0251. The molecule has 0 aliphatic carbocycles. The number of carbonyl (C=O) groups is 2. The van der Waals surface area contributed by atoms with Gasteiger partial charge in [-0.05, 0) is 29.8 Å². The van der Waals surface area contributed by atoms with E-state index >= 15 is 0 Å². The zero-order valence-corrected chi connectivity index (χ0v) is 12.2. The van der Waals surface area contributed by atoms with Crippen LogP contribution in [0.15, 0.2) is 48.5 Å². The fraction of sp³-hybridized carbons (Fsp3) is 0.125. The van der Waals surface area contributed by atoms with Crippen LogP contribution in [-0.2, 0) is 16.1 Å². The first-order chi connectivity index (χ1) is 11.0. The van der Waals surface area contributed by atoms with E-state index in [0.717, 1.165) is 0 Å². The Balaban J connectivity index is 1.96. The SMILES string of the molecule is COC(=O)c1ccc(COC(=O)c2ccc([N+](=O)[O-])cc2)cc1. The molecule has 0 aliphatic heterocycles. The first-order valence-electron chi connectivity index (χ1n) is 6.60. The molecule has 0 heterocycles. The molecule has 7 nitrogen and oxygen atoms in total. The van der Waals surface area contributed by atoms with Crippen LogP contribution in [-0.4, -0.2) is 24.0 Å². The van der Waals surface area contributed by atoms with Gasteiger partial charge < -0.3 is 9.47 Å². The summed E-state index contributed by atoms with van der Waals surface area (Å²) in [6, 6.07) is 11.6. The first kappa shape index (κ1) is 16.2. The zero-order valence-electron chi connectivity index (χ0n) is 12.2. The van der Waals surface area contributed by atoms with Crippen molar-refractivity contribution in [1.29, 1.82) is 0 Å². The molecule has 0 amide bonds. The molecule has 0 aromatic heterocycles. The molecule has 0 aliphatic rings. The lowest BCUT2D eigenvalue weighted by atomic mass is 10.1. The second kappa shape index (κ2) is 7.17. The van der Waals surface area contributed by atoms with Gasteiger partial charge in [-0.25, -0.2) is 9.59 Å². The molecule has 0 saturated heterocycles. The normalized spacial score (nSPS) is 9.96. The highest BCUT2D eigenvalue weighted by Crippen LogP contribution is 2.14. The number of ether oxygens (including phenoxy) is 2. The molecule has 2 aromatic rings. The van der Waals surface area contributed by atoms with Crippen LogP contribution in [0.25, 0.3) is 0 Å². The van der Waals surface area contributed by atoms with Crippen LogP contribution in [0.1, 0.15) is 26.3 Å². The van der Waals surface area contributed by atoms with E-state index in [2.05, 4.69) is 4.74 Å². The molecule has 2 aromatic carbocycles. The summed E-state index contributed by atoms with van der Waals surface area (Å²) >= 11 is 0. The smallest absolute Gasteiger partial charge is 0.338 e. The molecule has 23 heavy (non-hydrogen) atoms. The number of nitro benzene ring substituents is 1. The average molecular weight is 315 g/mol. The third-order valence-electron chi connectivity index (χ3n) is 3.06. The largest absolute Gasteiger partial charge is 0.465 e. The summed E-state index contributed by atoms with van der Waals surface area (Å²) in [5, 5.41) is 10.5. The maximum absolute atomic E-state index is 11.9. The van der Waals surface area contributed by atoms with Gasteiger partial charge >= 0.3 is 11.9 Å². The predicted molar refractivity (Wildman–Crippen MR) is 80.0 cm³/mol. The number of nitrogens with zero attached hydrogens (tertiary/aromatic N) is 1. The fourth-order valence-corrected chi connectivity index (χ4v) is 1.81. The van der Waals surface area contributed by atoms with Crippen LogP contribution >= 0.6 is 0 Å². The Bertz CT molecular complexity index is 721. The van der Waals surface area contributed by atoms with Crippen molar-refractivity contribution in [2.45, 2.75) is 6.61 Å². The Morgan fingerprint density at radius 2 is 1.48 bits per heavy atom. The summed E-state index contributed by atoms with van der Waals surface area (Å²) in [6.07, 6.45) is 0. The molecule has 0 unspecified atom stereocenters. The average Bonchev–Trinajstić information content (AvgIpc) is 2.59. The second-order valence-corrected chi connectivity index (χ2v) is 4.57. The van der Waals surface area contributed by atoms with Crippen molar-refractivity contribution in [2.24, 2.45) is 0 Å². The molecule has 0 bridgehead atoms. The van der Waals surface area contributed by atoms with E-state index < -0.39 is 16.9 Å². The molecule has 118 valence electrons. The van der Waals surface area contributed by atoms with E-state index in [1.54, 1.807) is 24.3 Å². The molecular formula is C16H13NO6. The minimum atomic E-state index is -0.586. The van der Waals surface area contributed by atoms with Gasteiger partial charge in [0.2, 0.25) is 0 Å². The van der Waals surface area contributed by atoms with Crippen LogP contribution in [0.5, 0.6) is 0 Å². The highest BCUT2D eigenvalue weighted by atomic mass is 16.6. The standard InChI is InChI=1S/C16H13NO6/c1-22-15(18)12-4-2-11(3-5-12)10-23-16(19)13-6-8-14(9-7-13)17(20)21/h2-9H,10H2,1H3. The maximum Gasteiger partial charge on any atom is 0.338 e. The number of nitro groups is 1. The lowest BCUT2D eigenvalue weighted by molar-refractivity contribution is -0.384. The van der Waals surface area contributed by atoms with E-state index in [9.17, 15) is 19.7 Å². The molecule has 0 atom stereocenters. The minimum Gasteiger partial charge on any atom is -0.465 e. The van der Waals surface area contributed by atoms with Crippen LogP contribution < -0.4 is 0 Å². The lowest BCUT2D eigenvalue weighted by Gasteiger charge is -2.06. The van der Waals surface area contributed by atoms with Gasteiger partial charge in [0.05, 0.1) is 23.2 Å². The van der Waals surface area contributed by atoms with Gasteiger partial charge in [0.15, 0.2) is 0 Å². The van der Waals surface area contributed by atoms with E-state index in [1.807, 2.05) is 0 Å². The number of benzene rings is 2. The highest BCUT2D eigenvalue weighted by Gasteiger charge is 2.11. The number of rotatable bonds is 5. The summed E-state index contributed by atoms with van der Waals surface area (Å²) in [5.41, 5.74) is 1.23. The van der Waals surface area contributed by atoms with E-state index in [4.69, 9.17) is 4.74 Å². The predicted octanol–water partition coefficient (Wildman–Crippen LogP) is 2.74. The fourth-order valence-electron chi connectivity index (χ4n) is 1.81. The summed E-state index contributed by atoms with van der Waals surface area (Å²) in [7, 11) is 1.29. The van der Waals surface area contributed by atoms with Crippen molar-refractivity contribution in [2.75, 3.05) is 7.11 Å². The van der Waals surface area contributed by atoms with Gasteiger partial charge in [0, 0.05) is 12.1 Å². The maximum atomic E-state index is 11.9. The van der Waals surface area contributed by atoms with E-state index in [1.165, 1.54) is 31.4 Å². The minimum absolute atomic E-state index is 0.0251. The molecule has 2 rings (SSSR count). The number of hydrogen-bond donors (Lipinski definition) is 0. The third-order valence-corrected chi connectivity index (χ3v) is 3.06. The van der Waals surface area contributed by atoms with Crippen molar-refractivity contribution >= 4 is 17.6 Å². The van der Waals surface area contributed by atoms with Crippen molar-refractivity contribution in [3.8, 4) is 0 Å². The Hall–Kier alpha value is -3.22. The lowest BCUT2D eigenvalue weighted by Crippen LogP contribution is -2.06. The van der Waals surface area contributed by atoms with Gasteiger partial charge in [-0.3, -0.25) is 10.1 Å². The topological polar surface area (TPSA) is 95.7 Å². The monoisotopic (exact) mass is 315 g/mol. The molecular weight excluding hydrogens is 302 g/mol. The van der Waals surface area contributed by atoms with Crippen molar-refractivity contribution < 1.29 is 24.0 Å². The van der Waals surface area contributed by atoms with Crippen molar-refractivity contribution in [1.82, 2.24) is 0 Å². The number of methoxy groups -OCH3 is 1. The van der Waals surface area contributed by atoms with Gasteiger partial charge in [0.1, 0.15) is 6.61 Å². The van der Waals surface area contributed by atoms with Crippen LogP contribution in [0, 0.1) is 10.1 Å². The molecule has 0 N–H and O–H groups in total. The Morgan fingerprint density at radius 3 is 2.00 bits per heavy atom. The van der Waals surface area contributed by atoms with Gasteiger partial charge in [0.25, 0.3) is 5.69 Å². The Kier molecular flexibility index (Phi) is 5.03. The van der Waals surface area contributed by atoms with Gasteiger partial charge in [-0.1, -0.05) is 12.1 Å². The number of non-ortho nitro benzene ring substituents is 1. The third kappa shape index (κ3) is 4.13. The van der Waals surface area contributed by atoms with E-state index in [-0.39, 0.29) is 17.9 Å². The van der Waals surface area contributed by atoms with Crippen LogP contribution in [0.3, 0.4) is 0 Å². The summed E-state index contributed by atoms with van der Waals surface area (Å²) in [5.74, 6) is -1.03. The Morgan fingerprint density at radius 1 is 0.957 bits per heavy atom. The number of hydrogen-bond acceptors (Lipinski definition) is 6. The summed E-state index contributed by atoms with van der Waals surface area (Å²) in [4.78, 5) is 33.2. The highest BCUT2D eigenvalue weighted by molar-refractivity contribution is 5.90. The number of carbonyl (C=O) groups excluding carboxylic acids is 2. The van der Waals surface area contributed by atoms with Crippen LogP contribution in [0.4, 0.5) is 5.69 Å². The summed E-state index contributed by atoms with van der Waals surface area (Å²) < 4.78 is 9.70. The van der Waals surface area contributed by atoms with Gasteiger partial charge in [-0.2, -0.15) is 0 Å². The molecule has 0 fully saturated rings. The molecule has 0 spiro atoms. The molecule has 0 radical (unpaired) electrons.